The fourth-order valence-electron chi connectivity index (χ4n) is 3.02. The van der Waals surface area contributed by atoms with Gasteiger partial charge < -0.3 is 14.9 Å². The minimum Gasteiger partial charge on any atom is -0.508 e. The number of nitrogens with zero attached hydrogens (tertiary/aromatic N) is 3. The van der Waals surface area contributed by atoms with Gasteiger partial charge in [-0.25, -0.2) is 0 Å². The second-order valence-electron chi connectivity index (χ2n) is 5.74. The Labute approximate surface area is 132 Å². The highest BCUT2D eigenvalue weighted by Gasteiger charge is 2.18. The maximum absolute atomic E-state index is 9.92. The number of benzene rings is 1. The van der Waals surface area contributed by atoms with Gasteiger partial charge in [-0.3, -0.25) is 4.98 Å². The van der Waals surface area contributed by atoms with Crippen LogP contribution in [0.2, 0.25) is 0 Å². The molecule has 2 heterocycles. The predicted octanol–water partition coefficient (Wildman–Crippen LogP) is 3.07. The number of hydrogen-bond acceptors (Lipinski definition) is 4. The number of phenolic OH excluding ortho intramolecular Hbond substituents is 1. The molecule has 1 aromatic heterocycles. The van der Waals surface area contributed by atoms with Gasteiger partial charge in [-0.15, -0.1) is 0 Å². The van der Waals surface area contributed by atoms with Crippen LogP contribution in [0.25, 0.3) is 0 Å². The Bertz CT molecular complexity index is 607. The summed E-state index contributed by atoms with van der Waals surface area (Å²) in [6.07, 6.45) is 5.67. The maximum Gasteiger partial charge on any atom is 0.118 e. The van der Waals surface area contributed by atoms with Crippen LogP contribution in [0.4, 0.5) is 11.4 Å². The Morgan fingerprint density at radius 2 is 1.59 bits per heavy atom. The van der Waals surface area contributed by atoms with Crippen molar-refractivity contribution in [3.63, 3.8) is 0 Å². The number of piperazine rings is 1. The first-order valence-corrected chi connectivity index (χ1v) is 7.99. The van der Waals surface area contributed by atoms with E-state index < -0.39 is 0 Å². The first kappa shape index (κ1) is 14.7. The smallest absolute Gasteiger partial charge is 0.118 e. The zero-order chi connectivity index (χ0) is 15.4. The lowest BCUT2D eigenvalue weighted by Crippen LogP contribution is -2.46. The summed E-state index contributed by atoms with van der Waals surface area (Å²) in [5.74, 6) is 0.418. The second kappa shape index (κ2) is 6.69. The van der Waals surface area contributed by atoms with Crippen molar-refractivity contribution < 1.29 is 5.11 Å². The van der Waals surface area contributed by atoms with Gasteiger partial charge in [0.2, 0.25) is 0 Å². The van der Waals surface area contributed by atoms with E-state index in [-0.39, 0.29) is 0 Å². The lowest BCUT2D eigenvalue weighted by atomic mass is 10.1. The summed E-state index contributed by atoms with van der Waals surface area (Å²) >= 11 is 0. The molecule has 0 aliphatic carbocycles. The molecule has 0 amide bonds. The van der Waals surface area contributed by atoms with E-state index >= 15 is 0 Å². The molecule has 0 saturated carbocycles. The number of pyridine rings is 1. The molecule has 1 aromatic carbocycles. The third-order valence-corrected chi connectivity index (χ3v) is 4.26. The van der Waals surface area contributed by atoms with Crippen LogP contribution in [-0.2, 0) is 6.42 Å². The Kier molecular flexibility index (Phi) is 4.47. The minimum absolute atomic E-state index is 0.418. The number of rotatable bonds is 4. The Morgan fingerprint density at radius 3 is 2.23 bits per heavy atom. The van der Waals surface area contributed by atoms with E-state index in [4.69, 9.17) is 0 Å². The van der Waals surface area contributed by atoms with Crippen molar-refractivity contribution in [1.29, 1.82) is 0 Å². The number of aromatic hydroxyl groups is 1. The Hall–Kier alpha value is -2.23. The van der Waals surface area contributed by atoms with E-state index in [9.17, 15) is 5.11 Å². The Balaban J connectivity index is 1.67. The molecule has 0 spiro atoms. The molecule has 22 heavy (non-hydrogen) atoms. The number of aryl methyl sites for hydroxylation is 1. The summed E-state index contributed by atoms with van der Waals surface area (Å²) in [7, 11) is 0. The van der Waals surface area contributed by atoms with Crippen molar-refractivity contribution >= 4 is 11.4 Å². The number of aromatic nitrogens is 1. The topological polar surface area (TPSA) is 39.6 Å². The highest BCUT2D eigenvalue weighted by atomic mass is 16.3. The molecule has 116 valence electrons. The van der Waals surface area contributed by atoms with Crippen LogP contribution < -0.4 is 9.80 Å². The van der Waals surface area contributed by atoms with Gasteiger partial charge in [0.15, 0.2) is 0 Å². The second-order valence-corrected chi connectivity index (χ2v) is 5.74. The van der Waals surface area contributed by atoms with Crippen LogP contribution in [0.15, 0.2) is 42.7 Å². The van der Waals surface area contributed by atoms with Gasteiger partial charge in [-0.1, -0.05) is 13.3 Å². The van der Waals surface area contributed by atoms with Crippen molar-refractivity contribution in [3.8, 4) is 5.75 Å². The van der Waals surface area contributed by atoms with Gasteiger partial charge >= 0.3 is 0 Å². The summed E-state index contributed by atoms with van der Waals surface area (Å²) in [6.45, 7) is 6.15. The molecule has 0 bridgehead atoms. The third kappa shape index (κ3) is 3.16. The van der Waals surface area contributed by atoms with Crippen LogP contribution in [0.1, 0.15) is 18.9 Å². The molecule has 4 nitrogen and oxygen atoms in total. The predicted molar refractivity (Wildman–Crippen MR) is 90.8 cm³/mol. The van der Waals surface area contributed by atoms with E-state index in [0.717, 1.165) is 44.6 Å². The summed E-state index contributed by atoms with van der Waals surface area (Å²) in [4.78, 5) is 8.87. The average molecular weight is 297 g/mol. The molecule has 1 saturated heterocycles. The van der Waals surface area contributed by atoms with E-state index in [1.807, 2.05) is 24.5 Å². The maximum atomic E-state index is 9.92. The molecular formula is C18H23N3O. The number of anilines is 2. The Morgan fingerprint density at radius 1 is 0.955 bits per heavy atom. The molecule has 1 aliphatic heterocycles. The van der Waals surface area contributed by atoms with Crippen LogP contribution in [0, 0.1) is 0 Å². The molecule has 1 N–H and O–H groups in total. The molecule has 0 atom stereocenters. The van der Waals surface area contributed by atoms with Crippen molar-refractivity contribution in [1.82, 2.24) is 4.98 Å². The molecule has 0 radical (unpaired) electrons. The largest absolute Gasteiger partial charge is 0.508 e. The van der Waals surface area contributed by atoms with Gasteiger partial charge in [-0.2, -0.15) is 0 Å². The summed E-state index contributed by atoms with van der Waals surface area (Å²) < 4.78 is 0. The third-order valence-electron chi connectivity index (χ3n) is 4.26. The molecule has 1 aliphatic rings. The van der Waals surface area contributed by atoms with Crippen molar-refractivity contribution in [2.75, 3.05) is 36.0 Å². The van der Waals surface area contributed by atoms with Gasteiger partial charge in [0.25, 0.3) is 0 Å². The SMILES string of the molecule is CCCc1cc(N2CCN(c3ccncc3)CC2)ccc1O. The zero-order valence-corrected chi connectivity index (χ0v) is 13.1. The fourth-order valence-corrected chi connectivity index (χ4v) is 3.02. The molecule has 1 fully saturated rings. The molecule has 2 aromatic rings. The summed E-state index contributed by atoms with van der Waals surface area (Å²) in [5.41, 5.74) is 3.51. The van der Waals surface area contributed by atoms with Gasteiger partial charge in [0.05, 0.1) is 0 Å². The normalized spacial score (nSPS) is 15.1. The van der Waals surface area contributed by atoms with E-state index in [2.05, 4.69) is 39.9 Å². The van der Waals surface area contributed by atoms with Gasteiger partial charge in [0, 0.05) is 49.9 Å². The molecular weight excluding hydrogens is 274 g/mol. The first-order valence-electron chi connectivity index (χ1n) is 7.99. The van der Waals surface area contributed by atoms with Gasteiger partial charge in [-0.05, 0) is 42.3 Å². The molecule has 0 unspecified atom stereocenters. The van der Waals surface area contributed by atoms with E-state index in [0.29, 0.717) is 5.75 Å². The van der Waals surface area contributed by atoms with Crippen molar-refractivity contribution in [3.05, 3.63) is 48.3 Å². The van der Waals surface area contributed by atoms with E-state index in [1.165, 1.54) is 11.4 Å². The lowest BCUT2D eigenvalue weighted by Gasteiger charge is -2.37. The summed E-state index contributed by atoms with van der Waals surface area (Å²) in [6, 6.07) is 10.1. The van der Waals surface area contributed by atoms with Crippen LogP contribution in [0.5, 0.6) is 5.75 Å². The van der Waals surface area contributed by atoms with Crippen LogP contribution in [-0.4, -0.2) is 36.3 Å². The summed E-state index contributed by atoms with van der Waals surface area (Å²) in [5, 5.41) is 9.92. The van der Waals surface area contributed by atoms with Crippen molar-refractivity contribution in [2.24, 2.45) is 0 Å². The van der Waals surface area contributed by atoms with E-state index in [1.54, 1.807) is 0 Å². The van der Waals surface area contributed by atoms with Crippen LogP contribution in [0.3, 0.4) is 0 Å². The van der Waals surface area contributed by atoms with Gasteiger partial charge in [0.1, 0.15) is 5.75 Å². The average Bonchev–Trinajstić information content (AvgIpc) is 2.58. The lowest BCUT2D eigenvalue weighted by molar-refractivity contribution is 0.467. The van der Waals surface area contributed by atoms with Crippen molar-refractivity contribution in [2.45, 2.75) is 19.8 Å². The standard InChI is InChI=1S/C18H23N3O/c1-2-3-15-14-17(4-5-18(15)22)21-12-10-20(11-13-21)16-6-8-19-9-7-16/h4-9,14,22H,2-3,10-13H2,1H3. The first-order chi connectivity index (χ1) is 10.8. The number of hydrogen-bond donors (Lipinski definition) is 1. The minimum atomic E-state index is 0.418. The molecule has 4 heteroatoms. The quantitative estimate of drug-likeness (QED) is 0.941. The molecule has 3 rings (SSSR count). The fraction of sp³-hybridized carbons (Fsp3) is 0.389. The highest BCUT2D eigenvalue weighted by molar-refractivity contribution is 5.55. The zero-order valence-electron chi connectivity index (χ0n) is 13.1. The van der Waals surface area contributed by atoms with Crippen LogP contribution >= 0.6 is 0 Å². The number of phenols is 1. The highest BCUT2D eigenvalue weighted by Crippen LogP contribution is 2.26. The monoisotopic (exact) mass is 297 g/mol.